The maximum Gasteiger partial charge on any atom is 0.357 e. The summed E-state index contributed by atoms with van der Waals surface area (Å²) in [7, 11) is 0. The quantitative estimate of drug-likeness (QED) is 0.204. The minimum atomic E-state index is -0.991. The first-order valence-corrected chi connectivity index (χ1v) is 4.32. The van der Waals surface area contributed by atoms with Crippen LogP contribution >= 0.6 is 0 Å². The smallest absolute Gasteiger partial charge is 0.357 e. The van der Waals surface area contributed by atoms with Gasteiger partial charge in [0.2, 0.25) is 0 Å². The molecular weight excluding hydrogens is 212 g/mol. The summed E-state index contributed by atoms with van der Waals surface area (Å²) in [6.45, 7) is 0.0348. The molecule has 0 aliphatic heterocycles. The van der Waals surface area contributed by atoms with Crippen LogP contribution in [0.15, 0.2) is 34.6 Å². The van der Waals surface area contributed by atoms with E-state index in [-0.39, 0.29) is 18.0 Å². The lowest BCUT2D eigenvalue weighted by Gasteiger charge is -2.01. The van der Waals surface area contributed by atoms with E-state index < -0.39 is 5.97 Å². The summed E-state index contributed by atoms with van der Waals surface area (Å²) >= 11 is 0. The number of nitrogens with two attached hydrogens (primary N) is 2. The number of carbonyl (C=O) groups is 1. The molecule has 0 saturated carbocycles. The van der Waals surface area contributed by atoms with Crippen LogP contribution in [0.25, 0.3) is 0 Å². The maximum absolute atomic E-state index is 10.6. The largest absolute Gasteiger partial charge is 0.481 e. The highest BCUT2D eigenvalue weighted by molar-refractivity contribution is 5.87. The van der Waals surface area contributed by atoms with Gasteiger partial charge in [-0.25, -0.2) is 4.79 Å². The molecule has 1 aromatic carbocycles. The Bertz CT molecular complexity index is 413. The van der Waals surface area contributed by atoms with Crippen LogP contribution in [0.3, 0.4) is 0 Å². The Morgan fingerprint density at radius 3 is 2.56 bits per heavy atom. The molecule has 0 aliphatic carbocycles. The number of benzene rings is 1. The van der Waals surface area contributed by atoms with Crippen LogP contribution in [0.1, 0.15) is 10.4 Å². The summed E-state index contributed by atoms with van der Waals surface area (Å²) in [6, 6.07) is 5.91. The van der Waals surface area contributed by atoms with E-state index in [0.29, 0.717) is 5.75 Å². The zero-order chi connectivity index (χ0) is 12.0. The highest BCUT2D eigenvalue weighted by atomic mass is 16.5. The molecule has 0 aliphatic rings. The van der Waals surface area contributed by atoms with Crippen molar-refractivity contribution in [3.8, 4) is 5.75 Å². The van der Waals surface area contributed by atoms with Crippen molar-refractivity contribution in [1.82, 2.24) is 0 Å². The molecule has 0 radical (unpaired) electrons. The van der Waals surface area contributed by atoms with Gasteiger partial charge in [-0.1, -0.05) is 0 Å². The monoisotopic (exact) mass is 223 g/mol. The molecule has 0 bridgehead atoms. The SMILES string of the molecule is NN=NC(=[NH2+])COc1ccc(C(=O)O)cc1. The van der Waals surface area contributed by atoms with Crippen LogP contribution in [-0.4, -0.2) is 23.5 Å². The number of ether oxygens (including phenoxy) is 1. The van der Waals surface area contributed by atoms with Gasteiger partial charge in [-0.05, 0) is 24.3 Å². The van der Waals surface area contributed by atoms with Gasteiger partial charge in [0.25, 0.3) is 0 Å². The molecule has 1 rings (SSSR count). The lowest BCUT2D eigenvalue weighted by Crippen LogP contribution is -2.41. The molecule has 0 atom stereocenters. The molecular formula is C9H11N4O3+. The van der Waals surface area contributed by atoms with E-state index in [1.807, 2.05) is 0 Å². The Balaban J connectivity index is 2.56. The van der Waals surface area contributed by atoms with Crippen LogP contribution in [0.2, 0.25) is 0 Å². The first-order valence-electron chi connectivity index (χ1n) is 4.32. The van der Waals surface area contributed by atoms with Crippen molar-refractivity contribution in [3.63, 3.8) is 0 Å². The second kappa shape index (κ2) is 5.44. The summed E-state index contributed by atoms with van der Waals surface area (Å²) in [5.74, 6) is 4.41. The van der Waals surface area contributed by atoms with E-state index in [2.05, 4.69) is 10.3 Å². The fraction of sp³-hybridized carbons (Fsp3) is 0.111. The number of carboxylic acids is 1. The van der Waals surface area contributed by atoms with E-state index in [9.17, 15) is 4.79 Å². The number of hydrogen-bond donors (Lipinski definition) is 3. The molecule has 0 unspecified atom stereocenters. The van der Waals surface area contributed by atoms with Crippen LogP contribution in [0.5, 0.6) is 5.75 Å². The van der Waals surface area contributed by atoms with Crippen molar-refractivity contribution in [2.45, 2.75) is 0 Å². The molecule has 0 spiro atoms. The Kier molecular flexibility index (Phi) is 3.96. The Morgan fingerprint density at radius 1 is 1.44 bits per heavy atom. The van der Waals surface area contributed by atoms with Crippen molar-refractivity contribution < 1.29 is 20.0 Å². The van der Waals surface area contributed by atoms with Crippen molar-refractivity contribution in [1.29, 1.82) is 0 Å². The van der Waals surface area contributed by atoms with Gasteiger partial charge in [-0.3, -0.25) is 11.3 Å². The van der Waals surface area contributed by atoms with Gasteiger partial charge in [-0.2, -0.15) is 0 Å². The van der Waals surface area contributed by atoms with Gasteiger partial charge in [0.05, 0.1) is 10.7 Å². The lowest BCUT2D eigenvalue weighted by molar-refractivity contribution is -0.120. The number of nitrogens with zero attached hydrogens (tertiary/aromatic N) is 2. The Morgan fingerprint density at radius 2 is 2.06 bits per heavy atom. The zero-order valence-corrected chi connectivity index (χ0v) is 8.33. The summed E-state index contributed by atoms with van der Waals surface area (Å²) < 4.78 is 5.19. The minimum absolute atomic E-state index is 0.0348. The third-order valence-corrected chi connectivity index (χ3v) is 1.67. The van der Waals surface area contributed by atoms with Gasteiger partial charge in [0.1, 0.15) is 5.75 Å². The molecule has 0 amide bonds. The van der Waals surface area contributed by atoms with Crippen molar-refractivity contribution in [2.24, 2.45) is 16.2 Å². The van der Waals surface area contributed by atoms with E-state index in [4.69, 9.17) is 21.1 Å². The zero-order valence-electron chi connectivity index (χ0n) is 8.33. The Labute approximate surface area is 91.0 Å². The first-order chi connectivity index (χ1) is 7.63. The average molecular weight is 223 g/mol. The van der Waals surface area contributed by atoms with Gasteiger partial charge in [-0.15, -0.1) is 0 Å². The predicted octanol–water partition coefficient (Wildman–Crippen LogP) is -0.753. The fourth-order valence-electron chi connectivity index (χ4n) is 0.954. The third kappa shape index (κ3) is 3.37. The van der Waals surface area contributed by atoms with Crippen LogP contribution in [-0.2, 0) is 0 Å². The third-order valence-electron chi connectivity index (χ3n) is 1.67. The summed E-state index contributed by atoms with van der Waals surface area (Å²) in [5.41, 5.74) is 0.186. The number of hydrogen-bond acceptors (Lipinski definition) is 3. The predicted molar refractivity (Wildman–Crippen MR) is 54.9 cm³/mol. The molecule has 0 aromatic heterocycles. The molecule has 0 saturated heterocycles. The summed E-state index contributed by atoms with van der Waals surface area (Å²) in [5, 5.41) is 20.4. The van der Waals surface area contributed by atoms with E-state index in [1.54, 1.807) is 0 Å². The number of amidine groups is 1. The Hall–Kier alpha value is -2.44. The molecule has 5 N–H and O–H groups in total. The molecule has 84 valence electrons. The first kappa shape index (κ1) is 11.6. The van der Waals surface area contributed by atoms with E-state index >= 15 is 0 Å². The highest BCUT2D eigenvalue weighted by Crippen LogP contribution is 2.11. The van der Waals surface area contributed by atoms with Crippen molar-refractivity contribution in [2.75, 3.05) is 6.61 Å². The minimum Gasteiger partial charge on any atom is -0.481 e. The molecule has 0 heterocycles. The molecule has 16 heavy (non-hydrogen) atoms. The van der Waals surface area contributed by atoms with Crippen LogP contribution in [0, 0.1) is 0 Å². The maximum atomic E-state index is 10.6. The van der Waals surface area contributed by atoms with E-state index in [1.165, 1.54) is 24.3 Å². The van der Waals surface area contributed by atoms with Gasteiger partial charge >= 0.3 is 11.8 Å². The highest BCUT2D eigenvalue weighted by Gasteiger charge is 2.06. The summed E-state index contributed by atoms with van der Waals surface area (Å²) in [6.07, 6.45) is 0. The number of rotatable bonds is 4. The number of carboxylic acid groups (broad SMARTS) is 1. The second-order valence-electron chi connectivity index (χ2n) is 2.83. The second-order valence-corrected chi connectivity index (χ2v) is 2.83. The molecule has 7 nitrogen and oxygen atoms in total. The van der Waals surface area contributed by atoms with Crippen LogP contribution in [0.4, 0.5) is 0 Å². The lowest BCUT2D eigenvalue weighted by atomic mass is 10.2. The number of aromatic carboxylic acids is 1. The topological polar surface area (TPSA) is 123 Å². The molecule has 7 heteroatoms. The van der Waals surface area contributed by atoms with Crippen molar-refractivity contribution >= 4 is 11.8 Å². The molecule has 1 aromatic rings. The average Bonchev–Trinajstić information content (AvgIpc) is 2.27. The normalized spacial score (nSPS) is 10.2. The standard InChI is InChI=1S/C9H10N4O3/c10-8(12-13-11)5-16-7-3-1-6(2-4-7)9(14)15/h1-4H,5H2,(H,14,15)(H3,10,11,12)/p+1. The van der Waals surface area contributed by atoms with Gasteiger partial charge < -0.3 is 9.84 Å². The van der Waals surface area contributed by atoms with Crippen molar-refractivity contribution in [3.05, 3.63) is 29.8 Å². The van der Waals surface area contributed by atoms with Gasteiger partial charge in [0.15, 0.2) is 6.61 Å². The van der Waals surface area contributed by atoms with Crippen LogP contribution < -0.4 is 16.0 Å². The summed E-state index contributed by atoms with van der Waals surface area (Å²) in [4.78, 5) is 10.6. The fourth-order valence-corrected chi connectivity index (χ4v) is 0.954. The van der Waals surface area contributed by atoms with Gasteiger partial charge in [0, 0.05) is 5.22 Å². The molecule has 0 fully saturated rings. The van der Waals surface area contributed by atoms with E-state index in [0.717, 1.165) is 0 Å².